The predicted molar refractivity (Wildman–Crippen MR) is 61.1 cm³/mol. The van der Waals surface area contributed by atoms with Gasteiger partial charge in [-0.05, 0) is 0 Å². The van der Waals surface area contributed by atoms with Crippen LogP contribution in [-0.2, 0) is 4.74 Å². The summed E-state index contributed by atoms with van der Waals surface area (Å²) in [5.41, 5.74) is -2.21. The van der Waals surface area contributed by atoms with Gasteiger partial charge < -0.3 is 4.74 Å². The van der Waals surface area contributed by atoms with Gasteiger partial charge >= 0.3 is 5.97 Å². The number of benzene rings is 1. The molecule has 10 heteroatoms. The first-order chi connectivity index (χ1) is 8.31. The van der Waals surface area contributed by atoms with E-state index in [1.165, 1.54) is 0 Å². The molecule has 1 aromatic carbocycles. The molecule has 0 fully saturated rings. The lowest BCUT2D eigenvalue weighted by Crippen LogP contribution is -2.07. The van der Waals surface area contributed by atoms with E-state index >= 15 is 0 Å². The molecule has 1 aromatic rings. The molecule has 1 rings (SSSR count). The zero-order chi connectivity index (χ0) is 14.0. The molecule has 8 nitrogen and oxygen atoms in total. The van der Waals surface area contributed by atoms with Crippen molar-refractivity contribution in [2.45, 2.75) is 0 Å². The Morgan fingerprint density at radius 2 is 1.56 bits per heavy atom. The Labute approximate surface area is 109 Å². The van der Waals surface area contributed by atoms with Gasteiger partial charge in [-0.25, -0.2) is 4.79 Å². The van der Waals surface area contributed by atoms with Crippen LogP contribution < -0.4 is 0 Å². The van der Waals surface area contributed by atoms with Gasteiger partial charge in [-0.3, -0.25) is 20.2 Å². The molecule has 0 aliphatic carbocycles. The SMILES string of the molecule is COC(=O)c1c(Cl)c([N+](=O)[O-])cc([N+](=O)[O-])c1Cl. The topological polar surface area (TPSA) is 113 Å². The molecular weight excluding hydrogens is 291 g/mol. The fourth-order valence-corrected chi connectivity index (χ4v) is 1.79. The van der Waals surface area contributed by atoms with E-state index in [1.807, 2.05) is 0 Å². The molecule has 0 radical (unpaired) electrons. The van der Waals surface area contributed by atoms with Crippen molar-refractivity contribution in [1.29, 1.82) is 0 Å². The number of nitro groups is 2. The number of rotatable bonds is 3. The van der Waals surface area contributed by atoms with Gasteiger partial charge in [-0.15, -0.1) is 0 Å². The van der Waals surface area contributed by atoms with Crippen LogP contribution in [0, 0.1) is 20.2 Å². The van der Waals surface area contributed by atoms with Crippen molar-refractivity contribution in [2.24, 2.45) is 0 Å². The van der Waals surface area contributed by atoms with Crippen molar-refractivity contribution in [3.8, 4) is 0 Å². The molecule has 0 aromatic heterocycles. The van der Waals surface area contributed by atoms with Crippen molar-refractivity contribution in [1.82, 2.24) is 0 Å². The molecule has 0 aliphatic rings. The number of nitro benzene ring substituents is 2. The van der Waals surface area contributed by atoms with Gasteiger partial charge in [0, 0.05) is 0 Å². The zero-order valence-corrected chi connectivity index (χ0v) is 10.2. The maximum atomic E-state index is 11.4. The van der Waals surface area contributed by atoms with Crippen LogP contribution in [0.5, 0.6) is 0 Å². The average molecular weight is 295 g/mol. The Kier molecular flexibility index (Phi) is 4.04. The molecule has 18 heavy (non-hydrogen) atoms. The van der Waals surface area contributed by atoms with Crippen molar-refractivity contribution < 1.29 is 19.4 Å². The van der Waals surface area contributed by atoms with Gasteiger partial charge in [0.05, 0.1) is 23.0 Å². The standard InChI is InChI=1S/C8H4Cl2N2O6/c1-18-8(13)5-6(9)3(11(14)15)2-4(7(5)10)12(16)17/h2H,1H3. The van der Waals surface area contributed by atoms with Crippen molar-refractivity contribution in [3.63, 3.8) is 0 Å². The lowest BCUT2D eigenvalue weighted by atomic mass is 10.1. The molecule has 0 amide bonds. The summed E-state index contributed by atoms with van der Waals surface area (Å²) in [6.45, 7) is 0. The quantitative estimate of drug-likeness (QED) is 0.481. The van der Waals surface area contributed by atoms with Crippen LogP contribution in [0.3, 0.4) is 0 Å². The molecule has 0 atom stereocenters. The minimum Gasteiger partial charge on any atom is -0.465 e. The summed E-state index contributed by atoms with van der Waals surface area (Å²) >= 11 is 11.2. The number of carbonyl (C=O) groups excluding carboxylic acids is 1. The van der Waals surface area contributed by atoms with Crippen LogP contribution >= 0.6 is 23.2 Å². The second-order valence-electron chi connectivity index (χ2n) is 2.92. The Bertz CT molecular complexity index is 521. The summed E-state index contributed by atoms with van der Waals surface area (Å²) in [6.07, 6.45) is 0. The number of halogens is 2. The molecule has 0 heterocycles. The Morgan fingerprint density at radius 1 is 1.17 bits per heavy atom. The van der Waals surface area contributed by atoms with Crippen LogP contribution in [0.15, 0.2) is 6.07 Å². The van der Waals surface area contributed by atoms with Crippen LogP contribution in [0.1, 0.15) is 10.4 Å². The minimum absolute atomic E-state index is 0.580. The van der Waals surface area contributed by atoms with Gasteiger partial charge in [-0.2, -0.15) is 0 Å². The molecule has 0 bridgehead atoms. The fourth-order valence-electron chi connectivity index (χ4n) is 1.16. The summed E-state index contributed by atoms with van der Waals surface area (Å²) < 4.78 is 4.31. The summed E-state index contributed by atoms with van der Waals surface area (Å²) in [4.78, 5) is 30.8. The van der Waals surface area contributed by atoms with E-state index in [4.69, 9.17) is 23.2 Å². The van der Waals surface area contributed by atoms with Crippen LogP contribution in [-0.4, -0.2) is 22.9 Å². The number of nitrogens with zero attached hydrogens (tertiary/aromatic N) is 2. The number of esters is 1. The van der Waals surface area contributed by atoms with Crippen LogP contribution in [0.25, 0.3) is 0 Å². The molecule has 0 unspecified atom stereocenters. The number of ether oxygens (including phenoxy) is 1. The van der Waals surface area contributed by atoms with E-state index < -0.39 is 42.8 Å². The number of hydrogen-bond donors (Lipinski definition) is 0. The average Bonchev–Trinajstić information content (AvgIpc) is 2.27. The first-order valence-electron chi connectivity index (χ1n) is 4.20. The first-order valence-corrected chi connectivity index (χ1v) is 4.96. The van der Waals surface area contributed by atoms with E-state index in [-0.39, 0.29) is 0 Å². The Morgan fingerprint density at radius 3 is 1.83 bits per heavy atom. The zero-order valence-electron chi connectivity index (χ0n) is 8.68. The highest BCUT2D eigenvalue weighted by Gasteiger charge is 2.32. The summed E-state index contributed by atoms with van der Waals surface area (Å²) in [5, 5.41) is 20.1. The molecule has 96 valence electrons. The summed E-state index contributed by atoms with van der Waals surface area (Å²) in [6, 6.07) is 0.580. The third kappa shape index (κ3) is 2.34. The van der Waals surface area contributed by atoms with Crippen molar-refractivity contribution >= 4 is 40.5 Å². The molecule has 0 N–H and O–H groups in total. The normalized spacial score (nSPS) is 9.94. The molecule has 0 spiro atoms. The monoisotopic (exact) mass is 294 g/mol. The van der Waals surface area contributed by atoms with Crippen molar-refractivity contribution in [2.75, 3.05) is 7.11 Å². The molecule has 0 aliphatic heterocycles. The molecule has 0 saturated heterocycles. The number of hydrogen-bond acceptors (Lipinski definition) is 6. The highest BCUT2D eigenvalue weighted by atomic mass is 35.5. The first kappa shape index (κ1) is 14.1. The highest BCUT2D eigenvalue weighted by molar-refractivity contribution is 6.41. The maximum Gasteiger partial charge on any atom is 0.341 e. The third-order valence-corrected chi connectivity index (χ3v) is 2.71. The van der Waals surface area contributed by atoms with Crippen LogP contribution in [0.2, 0.25) is 10.0 Å². The lowest BCUT2D eigenvalue weighted by molar-refractivity contribution is -0.394. The fraction of sp³-hybridized carbons (Fsp3) is 0.125. The van der Waals surface area contributed by atoms with Gasteiger partial charge in [0.15, 0.2) is 0 Å². The second kappa shape index (κ2) is 5.15. The van der Waals surface area contributed by atoms with Gasteiger partial charge in [-0.1, -0.05) is 23.2 Å². The van der Waals surface area contributed by atoms with Crippen molar-refractivity contribution in [3.05, 3.63) is 41.9 Å². The Hall–Kier alpha value is -1.93. The van der Waals surface area contributed by atoms with E-state index in [2.05, 4.69) is 4.74 Å². The van der Waals surface area contributed by atoms with E-state index in [0.29, 0.717) is 6.07 Å². The maximum absolute atomic E-state index is 11.4. The Balaban J connectivity index is 3.73. The number of carbonyl (C=O) groups is 1. The minimum atomic E-state index is -1.10. The van der Waals surface area contributed by atoms with Gasteiger partial charge in [0.2, 0.25) is 0 Å². The number of methoxy groups -OCH3 is 1. The highest BCUT2D eigenvalue weighted by Crippen LogP contribution is 2.40. The predicted octanol–water partition coefficient (Wildman–Crippen LogP) is 2.60. The lowest BCUT2D eigenvalue weighted by Gasteiger charge is -2.05. The molecule has 0 saturated carbocycles. The van der Waals surface area contributed by atoms with Gasteiger partial charge in [0.1, 0.15) is 15.6 Å². The van der Waals surface area contributed by atoms with Gasteiger partial charge in [0.25, 0.3) is 11.4 Å². The smallest absolute Gasteiger partial charge is 0.341 e. The van der Waals surface area contributed by atoms with Crippen LogP contribution in [0.4, 0.5) is 11.4 Å². The summed E-state index contributed by atoms with van der Waals surface area (Å²) in [5.74, 6) is -1.10. The second-order valence-corrected chi connectivity index (χ2v) is 3.68. The van der Waals surface area contributed by atoms with E-state index in [1.54, 1.807) is 0 Å². The van der Waals surface area contributed by atoms with E-state index in [0.717, 1.165) is 7.11 Å². The third-order valence-electron chi connectivity index (χ3n) is 1.95. The molecular formula is C8H4Cl2N2O6. The largest absolute Gasteiger partial charge is 0.465 e. The summed E-state index contributed by atoms with van der Waals surface area (Å²) in [7, 11) is 0.986. The van der Waals surface area contributed by atoms with E-state index in [9.17, 15) is 25.0 Å².